The third-order valence-corrected chi connectivity index (χ3v) is 5.60. The predicted octanol–water partition coefficient (Wildman–Crippen LogP) is 2.79. The second kappa shape index (κ2) is 5.87. The SMILES string of the molecule is Cn1c(=O)c(C#N)c(N2CC(C(=O)c3cccs3)C2)c2ccccc21. The number of hydrogen-bond donors (Lipinski definition) is 0. The van der Waals surface area contributed by atoms with Crippen molar-refractivity contribution in [2.24, 2.45) is 13.0 Å². The number of pyridine rings is 1. The standard InChI is InChI=1S/C19H15N3O2S/c1-21-15-6-3-2-5-13(15)17(14(9-20)19(21)24)22-10-12(11-22)18(23)16-7-4-8-25-16/h2-8,12H,10-11H2,1H3. The van der Waals surface area contributed by atoms with Gasteiger partial charge in [0.25, 0.3) is 5.56 Å². The van der Waals surface area contributed by atoms with E-state index < -0.39 is 0 Å². The van der Waals surface area contributed by atoms with Crippen LogP contribution in [0.15, 0.2) is 46.6 Å². The first kappa shape index (κ1) is 15.6. The number of para-hydroxylation sites is 1. The minimum Gasteiger partial charge on any atom is -0.368 e. The molecule has 3 aromatic rings. The topological polar surface area (TPSA) is 66.1 Å². The van der Waals surface area contributed by atoms with E-state index in [4.69, 9.17) is 0 Å². The molecule has 0 aliphatic carbocycles. The van der Waals surface area contributed by atoms with Crippen LogP contribution in [0, 0.1) is 17.2 Å². The monoisotopic (exact) mass is 349 g/mol. The number of fused-ring (bicyclic) bond motifs is 1. The van der Waals surface area contributed by atoms with Crippen molar-refractivity contribution in [2.45, 2.75) is 0 Å². The third kappa shape index (κ3) is 2.36. The van der Waals surface area contributed by atoms with Crippen molar-refractivity contribution in [3.63, 3.8) is 0 Å². The fraction of sp³-hybridized carbons (Fsp3) is 0.211. The molecule has 4 rings (SSSR count). The molecular weight excluding hydrogens is 334 g/mol. The number of carbonyl (C=O) groups excluding carboxylic acids is 1. The van der Waals surface area contributed by atoms with Crippen LogP contribution in [-0.4, -0.2) is 23.4 Å². The minimum atomic E-state index is -0.302. The van der Waals surface area contributed by atoms with Gasteiger partial charge in [-0.1, -0.05) is 24.3 Å². The molecule has 0 spiro atoms. The molecule has 2 aromatic heterocycles. The molecule has 3 heterocycles. The van der Waals surface area contributed by atoms with Crippen LogP contribution < -0.4 is 10.5 Å². The molecule has 1 aliphatic heterocycles. The van der Waals surface area contributed by atoms with Crippen molar-refractivity contribution in [1.29, 1.82) is 5.26 Å². The van der Waals surface area contributed by atoms with Crippen LogP contribution in [0.25, 0.3) is 10.9 Å². The molecule has 0 amide bonds. The van der Waals surface area contributed by atoms with Crippen molar-refractivity contribution < 1.29 is 4.79 Å². The normalized spacial score (nSPS) is 14.3. The first-order valence-electron chi connectivity index (χ1n) is 7.96. The quantitative estimate of drug-likeness (QED) is 0.682. The summed E-state index contributed by atoms with van der Waals surface area (Å²) in [6, 6.07) is 13.3. The van der Waals surface area contributed by atoms with Crippen LogP contribution in [0.3, 0.4) is 0 Å². The average Bonchev–Trinajstić information content (AvgIpc) is 3.12. The van der Waals surface area contributed by atoms with E-state index in [-0.39, 0.29) is 22.8 Å². The van der Waals surface area contributed by atoms with Crippen molar-refractivity contribution >= 4 is 33.7 Å². The maximum absolute atomic E-state index is 12.5. The number of benzene rings is 1. The number of nitriles is 1. The molecule has 0 unspecified atom stereocenters. The van der Waals surface area contributed by atoms with Gasteiger partial charge in [0, 0.05) is 25.5 Å². The van der Waals surface area contributed by atoms with Crippen LogP contribution in [0.5, 0.6) is 0 Å². The molecule has 0 radical (unpaired) electrons. The molecule has 25 heavy (non-hydrogen) atoms. The highest BCUT2D eigenvalue weighted by Crippen LogP contribution is 2.34. The molecule has 0 saturated carbocycles. The molecule has 5 nitrogen and oxygen atoms in total. The number of hydrogen-bond acceptors (Lipinski definition) is 5. The maximum atomic E-state index is 12.5. The lowest BCUT2D eigenvalue weighted by Gasteiger charge is -2.41. The summed E-state index contributed by atoms with van der Waals surface area (Å²) < 4.78 is 1.51. The van der Waals surface area contributed by atoms with Gasteiger partial charge < -0.3 is 9.47 Å². The summed E-state index contributed by atoms with van der Waals surface area (Å²) in [5.74, 6) is 0.0471. The summed E-state index contributed by atoms with van der Waals surface area (Å²) in [6.07, 6.45) is 0. The van der Waals surface area contributed by atoms with E-state index in [1.807, 2.05) is 46.7 Å². The summed E-state index contributed by atoms with van der Waals surface area (Å²) >= 11 is 1.45. The zero-order valence-electron chi connectivity index (χ0n) is 13.6. The van der Waals surface area contributed by atoms with Crippen molar-refractivity contribution in [3.8, 4) is 6.07 Å². The zero-order chi connectivity index (χ0) is 17.6. The fourth-order valence-electron chi connectivity index (χ4n) is 3.36. The van der Waals surface area contributed by atoms with Gasteiger partial charge in [-0.3, -0.25) is 9.59 Å². The van der Waals surface area contributed by atoms with Gasteiger partial charge in [0.1, 0.15) is 11.6 Å². The molecule has 124 valence electrons. The summed E-state index contributed by atoms with van der Waals surface area (Å²) in [5.41, 5.74) is 1.28. The number of thiophene rings is 1. The van der Waals surface area contributed by atoms with Gasteiger partial charge in [-0.25, -0.2) is 0 Å². The lowest BCUT2D eigenvalue weighted by atomic mass is 9.92. The number of nitrogens with zero attached hydrogens (tertiary/aromatic N) is 3. The minimum absolute atomic E-state index is 0.0898. The Bertz CT molecular complexity index is 1070. The van der Waals surface area contributed by atoms with Crippen molar-refractivity contribution in [1.82, 2.24) is 4.57 Å². The summed E-state index contributed by atoms with van der Waals surface area (Å²) in [6.45, 7) is 1.06. The van der Waals surface area contributed by atoms with E-state index in [0.717, 1.165) is 15.8 Å². The molecule has 1 aliphatic rings. The number of aryl methyl sites for hydroxylation is 1. The van der Waals surface area contributed by atoms with E-state index in [1.165, 1.54) is 15.9 Å². The Morgan fingerprint density at radius 1 is 1.24 bits per heavy atom. The van der Waals surface area contributed by atoms with Crippen LogP contribution in [0.1, 0.15) is 15.2 Å². The van der Waals surface area contributed by atoms with E-state index in [1.54, 1.807) is 7.05 Å². The second-order valence-electron chi connectivity index (χ2n) is 6.16. The Kier molecular flexibility index (Phi) is 3.66. The van der Waals surface area contributed by atoms with E-state index in [9.17, 15) is 14.9 Å². The number of anilines is 1. The molecule has 0 N–H and O–H groups in total. The Labute approximate surface area is 148 Å². The fourth-order valence-corrected chi connectivity index (χ4v) is 4.10. The van der Waals surface area contributed by atoms with Gasteiger partial charge in [0.2, 0.25) is 0 Å². The van der Waals surface area contributed by atoms with Crippen LogP contribution in [0.4, 0.5) is 5.69 Å². The highest BCUT2D eigenvalue weighted by molar-refractivity contribution is 7.12. The molecule has 6 heteroatoms. The number of Topliss-reactive ketones (excluding diaryl/α,β-unsaturated/α-hetero) is 1. The molecule has 1 fully saturated rings. The van der Waals surface area contributed by atoms with Gasteiger partial charge in [-0.05, 0) is 17.5 Å². The van der Waals surface area contributed by atoms with Crippen LogP contribution in [-0.2, 0) is 7.05 Å². The highest BCUT2D eigenvalue weighted by atomic mass is 32.1. The number of aromatic nitrogens is 1. The first-order chi connectivity index (χ1) is 12.1. The van der Waals surface area contributed by atoms with Crippen LogP contribution >= 0.6 is 11.3 Å². The van der Waals surface area contributed by atoms with E-state index in [0.29, 0.717) is 18.8 Å². The summed E-state index contributed by atoms with van der Waals surface area (Å²) in [4.78, 5) is 27.7. The van der Waals surface area contributed by atoms with Crippen molar-refractivity contribution in [3.05, 3.63) is 62.6 Å². The summed E-state index contributed by atoms with van der Waals surface area (Å²) in [5, 5.41) is 12.3. The highest BCUT2D eigenvalue weighted by Gasteiger charge is 2.36. The summed E-state index contributed by atoms with van der Waals surface area (Å²) in [7, 11) is 1.68. The predicted molar refractivity (Wildman–Crippen MR) is 98.3 cm³/mol. The molecule has 0 bridgehead atoms. The molecule has 1 saturated heterocycles. The molecular formula is C19H15N3O2S. The Hall–Kier alpha value is -2.91. The lowest BCUT2D eigenvalue weighted by molar-refractivity contribution is 0.0902. The van der Waals surface area contributed by atoms with Gasteiger partial charge in [-0.15, -0.1) is 11.3 Å². The van der Waals surface area contributed by atoms with Gasteiger partial charge in [0.15, 0.2) is 5.78 Å². The van der Waals surface area contributed by atoms with Crippen LogP contribution in [0.2, 0.25) is 0 Å². The van der Waals surface area contributed by atoms with Crippen molar-refractivity contribution in [2.75, 3.05) is 18.0 Å². The molecule has 0 atom stereocenters. The van der Waals surface area contributed by atoms with Gasteiger partial charge in [-0.2, -0.15) is 5.26 Å². The Balaban J connectivity index is 1.74. The smallest absolute Gasteiger partial charge is 0.270 e. The molecule has 1 aromatic carbocycles. The van der Waals surface area contributed by atoms with E-state index in [2.05, 4.69) is 6.07 Å². The Morgan fingerprint density at radius 3 is 2.68 bits per heavy atom. The largest absolute Gasteiger partial charge is 0.368 e. The number of ketones is 1. The number of carbonyl (C=O) groups is 1. The third-order valence-electron chi connectivity index (χ3n) is 4.72. The Morgan fingerprint density at radius 2 is 2.00 bits per heavy atom. The lowest BCUT2D eigenvalue weighted by Crippen LogP contribution is -2.51. The van der Waals surface area contributed by atoms with E-state index >= 15 is 0 Å². The average molecular weight is 349 g/mol. The zero-order valence-corrected chi connectivity index (χ0v) is 14.4. The number of rotatable bonds is 3. The first-order valence-corrected chi connectivity index (χ1v) is 8.84. The second-order valence-corrected chi connectivity index (χ2v) is 7.11. The van der Waals surface area contributed by atoms with Gasteiger partial charge in [0.05, 0.1) is 22.0 Å². The maximum Gasteiger partial charge on any atom is 0.270 e. The van der Waals surface area contributed by atoms with Gasteiger partial charge >= 0.3 is 0 Å².